The lowest BCUT2D eigenvalue weighted by atomic mass is 10.1. The molecule has 2 N–H and O–H groups in total. The SMILES string of the molecule is CC[C@H](CO)NC(=O)c1cccc(C)c1. The molecule has 1 rings (SSSR count). The summed E-state index contributed by atoms with van der Waals surface area (Å²) in [6.45, 7) is 3.85. The van der Waals surface area contributed by atoms with Crippen molar-refractivity contribution in [3.05, 3.63) is 35.4 Å². The number of amides is 1. The Bertz CT molecular complexity index is 332. The van der Waals surface area contributed by atoms with Gasteiger partial charge < -0.3 is 10.4 Å². The number of aryl methyl sites for hydroxylation is 1. The molecular weight excluding hydrogens is 190 g/mol. The maximum atomic E-state index is 11.7. The number of nitrogens with one attached hydrogen (secondary N) is 1. The summed E-state index contributed by atoms with van der Waals surface area (Å²) in [5.41, 5.74) is 1.70. The normalized spacial score (nSPS) is 12.2. The molecule has 0 aliphatic rings. The molecule has 1 aromatic rings. The third-order valence-electron chi connectivity index (χ3n) is 2.33. The van der Waals surface area contributed by atoms with Gasteiger partial charge in [-0.2, -0.15) is 0 Å². The smallest absolute Gasteiger partial charge is 0.251 e. The lowest BCUT2D eigenvalue weighted by Gasteiger charge is -2.13. The molecule has 3 nitrogen and oxygen atoms in total. The summed E-state index contributed by atoms with van der Waals surface area (Å²) in [6, 6.07) is 7.24. The summed E-state index contributed by atoms with van der Waals surface area (Å²) in [6.07, 6.45) is 0.730. The number of aliphatic hydroxyl groups excluding tert-OH is 1. The van der Waals surface area contributed by atoms with E-state index in [1.54, 1.807) is 6.07 Å². The Morgan fingerprint density at radius 1 is 1.53 bits per heavy atom. The molecule has 0 unspecified atom stereocenters. The molecule has 0 aliphatic carbocycles. The maximum Gasteiger partial charge on any atom is 0.251 e. The second-order valence-electron chi connectivity index (χ2n) is 3.63. The first kappa shape index (κ1) is 11.7. The van der Waals surface area contributed by atoms with Crippen molar-refractivity contribution in [2.75, 3.05) is 6.61 Å². The van der Waals surface area contributed by atoms with Crippen molar-refractivity contribution < 1.29 is 9.90 Å². The zero-order chi connectivity index (χ0) is 11.3. The van der Waals surface area contributed by atoms with E-state index in [9.17, 15) is 4.79 Å². The van der Waals surface area contributed by atoms with Gasteiger partial charge in [-0.3, -0.25) is 4.79 Å². The van der Waals surface area contributed by atoms with E-state index >= 15 is 0 Å². The second-order valence-corrected chi connectivity index (χ2v) is 3.63. The van der Waals surface area contributed by atoms with E-state index in [0.717, 1.165) is 12.0 Å². The van der Waals surface area contributed by atoms with Gasteiger partial charge in [-0.25, -0.2) is 0 Å². The van der Waals surface area contributed by atoms with Crippen LogP contribution in [-0.2, 0) is 0 Å². The summed E-state index contributed by atoms with van der Waals surface area (Å²) in [7, 11) is 0. The summed E-state index contributed by atoms with van der Waals surface area (Å²) in [4.78, 5) is 11.7. The van der Waals surface area contributed by atoms with Crippen molar-refractivity contribution >= 4 is 5.91 Å². The Balaban J connectivity index is 2.68. The molecule has 0 spiro atoms. The van der Waals surface area contributed by atoms with Crippen LogP contribution in [-0.4, -0.2) is 23.7 Å². The van der Waals surface area contributed by atoms with Gasteiger partial charge in [0.1, 0.15) is 0 Å². The predicted octanol–water partition coefficient (Wildman–Crippen LogP) is 1.50. The lowest BCUT2D eigenvalue weighted by Crippen LogP contribution is -2.36. The van der Waals surface area contributed by atoms with E-state index < -0.39 is 0 Å². The molecule has 0 heterocycles. The van der Waals surface area contributed by atoms with E-state index in [1.807, 2.05) is 32.0 Å². The van der Waals surface area contributed by atoms with Crippen LogP contribution >= 0.6 is 0 Å². The molecule has 15 heavy (non-hydrogen) atoms. The topological polar surface area (TPSA) is 49.3 Å². The Morgan fingerprint density at radius 2 is 2.27 bits per heavy atom. The first-order valence-electron chi connectivity index (χ1n) is 5.15. The number of carbonyl (C=O) groups is 1. The van der Waals surface area contributed by atoms with E-state index in [2.05, 4.69) is 5.32 Å². The Kier molecular flexibility index (Phi) is 4.31. The van der Waals surface area contributed by atoms with Gasteiger partial charge in [0, 0.05) is 5.56 Å². The number of aliphatic hydroxyl groups is 1. The zero-order valence-corrected chi connectivity index (χ0v) is 9.16. The highest BCUT2D eigenvalue weighted by Gasteiger charge is 2.10. The van der Waals surface area contributed by atoms with E-state index in [-0.39, 0.29) is 18.6 Å². The number of benzene rings is 1. The van der Waals surface area contributed by atoms with Gasteiger partial charge in [0.05, 0.1) is 12.6 Å². The van der Waals surface area contributed by atoms with Crippen LogP contribution < -0.4 is 5.32 Å². The minimum atomic E-state index is -0.155. The van der Waals surface area contributed by atoms with Crippen LogP contribution in [0.4, 0.5) is 0 Å². The first-order valence-corrected chi connectivity index (χ1v) is 5.15. The third-order valence-corrected chi connectivity index (χ3v) is 2.33. The lowest BCUT2D eigenvalue weighted by molar-refractivity contribution is 0.0915. The third kappa shape index (κ3) is 3.36. The number of hydrogen-bond donors (Lipinski definition) is 2. The van der Waals surface area contributed by atoms with Crippen molar-refractivity contribution in [3.8, 4) is 0 Å². The highest BCUT2D eigenvalue weighted by molar-refractivity contribution is 5.94. The van der Waals surface area contributed by atoms with E-state index in [1.165, 1.54) is 0 Å². The van der Waals surface area contributed by atoms with Gasteiger partial charge >= 0.3 is 0 Å². The largest absolute Gasteiger partial charge is 0.394 e. The Labute approximate surface area is 90.1 Å². The molecule has 1 atom stereocenters. The molecule has 0 aromatic heterocycles. The van der Waals surface area contributed by atoms with Gasteiger partial charge in [0.15, 0.2) is 0 Å². The number of carbonyl (C=O) groups excluding carboxylic acids is 1. The molecular formula is C12H17NO2. The van der Waals surface area contributed by atoms with Gasteiger partial charge in [-0.05, 0) is 25.5 Å². The van der Waals surface area contributed by atoms with Gasteiger partial charge in [-0.1, -0.05) is 24.6 Å². The van der Waals surface area contributed by atoms with Crippen LogP contribution in [0, 0.1) is 6.92 Å². The van der Waals surface area contributed by atoms with E-state index in [4.69, 9.17) is 5.11 Å². The monoisotopic (exact) mass is 207 g/mol. The Morgan fingerprint density at radius 3 is 2.80 bits per heavy atom. The summed E-state index contributed by atoms with van der Waals surface area (Å²) in [5.74, 6) is -0.125. The number of hydrogen-bond acceptors (Lipinski definition) is 2. The first-order chi connectivity index (χ1) is 7.17. The molecule has 82 valence electrons. The predicted molar refractivity (Wildman–Crippen MR) is 59.8 cm³/mol. The zero-order valence-electron chi connectivity index (χ0n) is 9.16. The molecule has 1 amide bonds. The highest BCUT2D eigenvalue weighted by atomic mass is 16.3. The molecule has 0 fully saturated rings. The minimum absolute atomic E-state index is 0.0198. The molecule has 3 heteroatoms. The fraction of sp³-hybridized carbons (Fsp3) is 0.417. The standard InChI is InChI=1S/C12H17NO2/c1-3-11(8-14)13-12(15)10-6-4-5-9(2)7-10/h4-7,11,14H,3,8H2,1-2H3,(H,13,15)/t11-/m1/s1. The summed E-state index contributed by atoms with van der Waals surface area (Å²) < 4.78 is 0. The molecule has 0 aliphatic heterocycles. The highest BCUT2D eigenvalue weighted by Crippen LogP contribution is 2.04. The van der Waals surface area contributed by atoms with Crippen LogP contribution in [0.1, 0.15) is 29.3 Å². The van der Waals surface area contributed by atoms with Crippen LogP contribution in [0.3, 0.4) is 0 Å². The average Bonchev–Trinajstić information content (AvgIpc) is 2.25. The molecule has 0 bridgehead atoms. The molecule has 0 saturated carbocycles. The van der Waals surface area contributed by atoms with Crippen molar-refractivity contribution in [3.63, 3.8) is 0 Å². The van der Waals surface area contributed by atoms with Crippen LogP contribution in [0.25, 0.3) is 0 Å². The fourth-order valence-corrected chi connectivity index (χ4v) is 1.33. The van der Waals surface area contributed by atoms with Gasteiger partial charge in [0.25, 0.3) is 5.91 Å². The minimum Gasteiger partial charge on any atom is -0.394 e. The van der Waals surface area contributed by atoms with Crippen LogP contribution in [0.5, 0.6) is 0 Å². The maximum absolute atomic E-state index is 11.7. The average molecular weight is 207 g/mol. The van der Waals surface area contributed by atoms with Crippen LogP contribution in [0.15, 0.2) is 24.3 Å². The van der Waals surface area contributed by atoms with E-state index in [0.29, 0.717) is 5.56 Å². The second kappa shape index (κ2) is 5.51. The van der Waals surface area contributed by atoms with Crippen LogP contribution in [0.2, 0.25) is 0 Å². The van der Waals surface area contributed by atoms with Crippen molar-refractivity contribution in [1.29, 1.82) is 0 Å². The van der Waals surface area contributed by atoms with Gasteiger partial charge in [0.2, 0.25) is 0 Å². The number of rotatable bonds is 4. The van der Waals surface area contributed by atoms with Gasteiger partial charge in [-0.15, -0.1) is 0 Å². The Hall–Kier alpha value is -1.35. The quantitative estimate of drug-likeness (QED) is 0.786. The molecule has 0 radical (unpaired) electrons. The van der Waals surface area contributed by atoms with Crippen molar-refractivity contribution in [2.45, 2.75) is 26.3 Å². The van der Waals surface area contributed by atoms with Crippen molar-refractivity contribution in [1.82, 2.24) is 5.32 Å². The van der Waals surface area contributed by atoms with Crippen molar-refractivity contribution in [2.24, 2.45) is 0 Å². The fourth-order valence-electron chi connectivity index (χ4n) is 1.33. The summed E-state index contributed by atoms with van der Waals surface area (Å²) in [5, 5.41) is 11.7. The molecule has 1 aromatic carbocycles. The molecule has 0 saturated heterocycles. The summed E-state index contributed by atoms with van der Waals surface area (Å²) >= 11 is 0.